The average Bonchev–Trinajstić information content (AvgIpc) is 3.68. The second kappa shape index (κ2) is 8.54. The van der Waals surface area contributed by atoms with Crippen LogP contribution in [0.5, 0.6) is 0 Å². The first kappa shape index (κ1) is 26.0. The molecule has 3 aliphatic heterocycles. The van der Waals surface area contributed by atoms with Crippen LogP contribution >= 0.6 is 22.7 Å². The Balaban J connectivity index is 1.38. The minimum absolute atomic E-state index is 0.0554. The van der Waals surface area contributed by atoms with Crippen LogP contribution in [0, 0.1) is 13.8 Å². The Labute approximate surface area is 243 Å². The van der Waals surface area contributed by atoms with E-state index >= 15 is 0 Å². The van der Waals surface area contributed by atoms with Gasteiger partial charge in [-0.05, 0) is 48.9 Å². The number of nitrogens with zero attached hydrogens (tertiary/aromatic N) is 2. The lowest BCUT2D eigenvalue weighted by Gasteiger charge is -2.20. The van der Waals surface area contributed by atoms with Crippen molar-refractivity contribution in [1.82, 2.24) is 0 Å². The normalized spacial score (nSPS) is 16.5. The van der Waals surface area contributed by atoms with Gasteiger partial charge in [-0.15, -0.1) is 22.7 Å². The van der Waals surface area contributed by atoms with Crippen LogP contribution in [0.15, 0.2) is 46.2 Å². The second-order valence-corrected chi connectivity index (χ2v) is 14.1. The number of amides is 4. The number of anilines is 2. The van der Waals surface area contributed by atoms with Gasteiger partial charge < -0.3 is 0 Å². The molecule has 0 aliphatic carbocycles. The Bertz CT molecular complexity index is 1910. The highest BCUT2D eigenvalue weighted by molar-refractivity contribution is 7.93. The van der Waals surface area contributed by atoms with E-state index in [4.69, 9.17) is 0 Å². The first-order valence-electron chi connectivity index (χ1n) is 13.1. The molecule has 0 atom stereocenters. The SMILES string of the molecule is CCc1cccc(C)c1N1C(=O)c2sc3c(c2C1=O)S(=O)(=O)c1c-3sc2c1C(=O)N(c1c(C)cccc1CC)C2=O. The molecule has 41 heavy (non-hydrogen) atoms. The molecule has 0 spiro atoms. The Morgan fingerprint density at radius 1 is 0.610 bits per heavy atom. The average molecular weight is 603 g/mol. The number of carbonyl (C=O) groups excluding carboxylic acids is 4. The molecule has 0 radical (unpaired) electrons. The first-order valence-corrected chi connectivity index (χ1v) is 16.2. The molecule has 11 heteroatoms. The highest BCUT2D eigenvalue weighted by Crippen LogP contribution is 2.58. The number of imide groups is 2. The highest BCUT2D eigenvalue weighted by atomic mass is 32.2. The molecule has 0 N–H and O–H groups in total. The van der Waals surface area contributed by atoms with Gasteiger partial charge in [0.05, 0.1) is 32.3 Å². The number of fused-ring (bicyclic) bond motifs is 7. The zero-order valence-electron chi connectivity index (χ0n) is 22.4. The largest absolute Gasteiger partial charge is 0.276 e. The van der Waals surface area contributed by atoms with Gasteiger partial charge in [0, 0.05) is 0 Å². The molecule has 3 aliphatic rings. The van der Waals surface area contributed by atoms with E-state index in [0.29, 0.717) is 24.2 Å². The molecule has 0 saturated heterocycles. The summed E-state index contributed by atoms with van der Waals surface area (Å²) in [5.74, 6) is -2.53. The first-order chi connectivity index (χ1) is 19.5. The number of para-hydroxylation sites is 2. The van der Waals surface area contributed by atoms with Crippen LogP contribution < -0.4 is 9.80 Å². The molecule has 0 bridgehead atoms. The summed E-state index contributed by atoms with van der Waals surface area (Å²) in [5, 5.41) is 0. The molecule has 8 nitrogen and oxygen atoms in total. The standard InChI is InChI=1S/C30H22N2O6S3/c1-5-15-11-7-9-13(3)19(15)31-27(33)17-21(29(31)35)39-23-24-26(41(37,38)25(17)23)18-22(40-24)30(36)32(28(18)34)20-14(4)10-8-12-16(20)6-2/h7-12H,5-6H2,1-4H3. The summed E-state index contributed by atoms with van der Waals surface area (Å²) in [4.78, 5) is 57.1. The van der Waals surface area contributed by atoms with Crippen LogP contribution in [0.4, 0.5) is 11.4 Å². The number of hydrogen-bond acceptors (Lipinski definition) is 8. The molecule has 2 aromatic heterocycles. The van der Waals surface area contributed by atoms with Crippen LogP contribution in [0.2, 0.25) is 0 Å². The van der Waals surface area contributed by atoms with Crippen molar-refractivity contribution in [3.8, 4) is 9.75 Å². The van der Waals surface area contributed by atoms with E-state index < -0.39 is 33.5 Å². The lowest BCUT2D eigenvalue weighted by atomic mass is 10.0. The van der Waals surface area contributed by atoms with E-state index in [1.54, 1.807) is 26.0 Å². The minimum atomic E-state index is -4.38. The Morgan fingerprint density at radius 2 is 1.00 bits per heavy atom. The number of rotatable bonds is 4. The Hall–Kier alpha value is -3.93. The lowest BCUT2D eigenvalue weighted by Crippen LogP contribution is -2.31. The fourth-order valence-electron chi connectivity index (χ4n) is 6.10. The molecule has 4 amide bonds. The molecular weight excluding hydrogens is 581 g/mol. The number of aryl methyl sites for hydroxylation is 4. The van der Waals surface area contributed by atoms with Crippen LogP contribution in [-0.4, -0.2) is 32.0 Å². The molecule has 5 heterocycles. The molecule has 0 saturated carbocycles. The number of hydrogen-bond donors (Lipinski definition) is 0. The summed E-state index contributed by atoms with van der Waals surface area (Å²) in [6.07, 6.45) is 1.16. The summed E-state index contributed by atoms with van der Waals surface area (Å²) in [5.41, 5.74) is 3.67. The quantitative estimate of drug-likeness (QED) is 0.235. The van der Waals surface area contributed by atoms with Crippen LogP contribution in [0.1, 0.15) is 76.2 Å². The Morgan fingerprint density at radius 3 is 1.37 bits per heavy atom. The van der Waals surface area contributed by atoms with Gasteiger partial charge in [0.15, 0.2) is 0 Å². The van der Waals surface area contributed by atoms with Crippen molar-refractivity contribution in [3.05, 3.63) is 79.5 Å². The summed E-state index contributed by atoms with van der Waals surface area (Å²) >= 11 is 1.87. The lowest BCUT2D eigenvalue weighted by molar-refractivity contribution is 0.0910. The predicted octanol–water partition coefficient (Wildman–Crippen LogP) is 5.97. The molecule has 4 aromatic rings. The fraction of sp³-hybridized carbons (Fsp3) is 0.200. The number of carbonyl (C=O) groups is 4. The van der Waals surface area contributed by atoms with Gasteiger partial charge in [-0.2, -0.15) is 0 Å². The molecule has 2 aromatic carbocycles. The topological polar surface area (TPSA) is 109 Å². The van der Waals surface area contributed by atoms with Gasteiger partial charge in [0.25, 0.3) is 23.6 Å². The molecule has 0 unspecified atom stereocenters. The Kier molecular flexibility index (Phi) is 5.42. The predicted molar refractivity (Wildman–Crippen MR) is 156 cm³/mol. The van der Waals surface area contributed by atoms with E-state index in [9.17, 15) is 27.6 Å². The van der Waals surface area contributed by atoms with E-state index in [0.717, 1.165) is 54.7 Å². The smallest absolute Gasteiger partial charge is 0.268 e. The van der Waals surface area contributed by atoms with Crippen molar-refractivity contribution < 1.29 is 27.6 Å². The summed E-state index contributed by atoms with van der Waals surface area (Å²) < 4.78 is 28.3. The van der Waals surface area contributed by atoms with Crippen LogP contribution in [-0.2, 0) is 22.7 Å². The van der Waals surface area contributed by atoms with E-state index in [2.05, 4.69) is 0 Å². The fourth-order valence-corrected chi connectivity index (χ4v) is 11.5. The molecule has 7 rings (SSSR count). The van der Waals surface area contributed by atoms with E-state index in [1.807, 2.05) is 38.1 Å². The molecular formula is C30H22N2O6S3. The van der Waals surface area contributed by atoms with Gasteiger partial charge in [-0.3, -0.25) is 19.2 Å². The van der Waals surface area contributed by atoms with Crippen molar-refractivity contribution in [2.75, 3.05) is 9.80 Å². The second-order valence-electron chi connectivity index (χ2n) is 10.2. The number of benzene rings is 2. The van der Waals surface area contributed by atoms with Crippen molar-refractivity contribution in [3.63, 3.8) is 0 Å². The highest BCUT2D eigenvalue weighted by Gasteiger charge is 2.55. The molecule has 206 valence electrons. The van der Waals surface area contributed by atoms with Crippen molar-refractivity contribution in [1.29, 1.82) is 0 Å². The summed E-state index contributed by atoms with van der Waals surface area (Å²) in [7, 11) is -4.38. The van der Waals surface area contributed by atoms with Gasteiger partial charge >= 0.3 is 0 Å². The van der Waals surface area contributed by atoms with Crippen molar-refractivity contribution in [2.45, 2.75) is 50.3 Å². The maximum atomic E-state index is 14.1. The number of sulfone groups is 1. The third-order valence-electron chi connectivity index (χ3n) is 7.95. The third-order valence-corrected chi connectivity index (χ3v) is 12.6. The maximum absolute atomic E-state index is 14.1. The zero-order chi connectivity index (χ0) is 29.1. The van der Waals surface area contributed by atoms with Crippen molar-refractivity contribution in [2.24, 2.45) is 0 Å². The zero-order valence-corrected chi connectivity index (χ0v) is 24.9. The molecule has 0 fully saturated rings. The van der Waals surface area contributed by atoms with Gasteiger partial charge in [0.2, 0.25) is 9.84 Å². The monoisotopic (exact) mass is 602 g/mol. The van der Waals surface area contributed by atoms with Gasteiger partial charge in [-0.25, -0.2) is 18.2 Å². The van der Waals surface area contributed by atoms with Crippen LogP contribution in [0.3, 0.4) is 0 Å². The summed E-state index contributed by atoms with van der Waals surface area (Å²) in [6, 6.07) is 11.0. The maximum Gasteiger partial charge on any atom is 0.276 e. The van der Waals surface area contributed by atoms with Gasteiger partial charge in [0.1, 0.15) is 19.5 Å². The minimum Gasteiger partial charge on any atom is -0.268 e. The van der Waals surface area contributed by atoms with Crippen molar-refractivity contribution >= 4 is 67.5 Å². The summed E-state index contributed by atoms with van der Waals surface area (Å²) in [6.45, 7) is 7.44. The van der Waals surface area contributed by atoms with Crippen LogP contribution in [0.25, 0.3) is 9.75 Å². The number of thiophene rings is 2. The third kappa shape index (κ3) is 3.11. The van der Waals surface area contributed by atoms with E-state index in [-0.39, 0.29) is 40.4 Å². The van der Waals surface area contributed by atoms with E-state index in [1.165, 1.54) is 0 Å². The van der Waals surface area contributed by atoms with Gasteiger partial charge in [-0.1, -0.05) is 50.2 Å².